The molecule has 1 saturated heterocycles. The molecule has 8 rings (SSSR count). The molecule has 2 aromatic rings. The van der Waals surface area contributed by atoms with Crippen LogP contribution in [0.1, 0.15) is 88.5 Å². The van der Waals surface area contributed by atoms with E-state index in [1.54, 1.807) is 12.2 Å². The van der Waals surface area contributed by atoms with Gasteiger partial charge in [0.1, 0.15) is 16.9 Å². The summed E-state index contributed by atoms with van der Waals surface area (Å²) in [6.45, 7) is 7.45. The lowest BCUT2D eigenvalue weighted by molar-refractivity contribution is -0.177. The number of hydrogen-bond acceptors (Lipinski definition) is 10. The van der Waals surface area contributed by atoms with Gasteiger partial charge in [-0.05, 0) is 81.9 Å². The van der Waals surface area contributed by atoms with Crippen molar-refractivity contribution in [2.75, 3.05) is 38.3 Å². The van der Waals surface area contributed by atoms with Crippen LogP contribution in [0.4, 0.5) is 10.1 Å². The molecule has 1 aliphatic heterocycles. The van der Waals surface area contributed by atoms with Crippen molar-refractivity contribution in [1.29, 1.82) is 0 Å². The second-order valence-corrected chi connectivity index (χ2v) is 16.9. The van der Waals surface area contributed by atoms with Crippen LogP contribution in [0.5, 0.6) is 5.75 Å². The highest BCUT2D eigenvalue weighted by Crippen LogP contribution is 2.67. The first-order chi connectivity index (χ1) is 25.2. The van der Waals surface area contributed by atoms with Crippen molar-refractivity contribution in [3.8, 4) is 5.75 Å². The third kappa shape index (κ3) is 5.53. The van der Waals surface area contributed by atoms with Crippen LogP contribution in [0.25, 0.3) is 10.9 Å². The van der Waals surface area contributed by atoms with Crippen molar-refractivity contribution >= 4 is 34.1 Å². The summed E-state index contributed by atoms with van der Waals surface area (Å²) >= 11 is 0. The minimum Gasteiger partial charge on any atom is -0.492 e. The number of methoxy groups -OCH3 is 1. The number of nitrogens with one attached hydrogen (secondary N) is 1. The molecule has 0 radical (unpaired) electrons. The molecule has 3 N–H and O–H groups in total. The zero-order chi connectivity index (χ0) is 37.6. The molecule has 0 bridgehead atoms. The van der Waals surface area contributed by atoms with Crippen LogP contribution < -0.4 is 20.4 Å². The van der Waals surface area contributed by atoms with Crippen LogP contribution in [-0.4, -0.2) is 83.4 Å². The molecule has 1 aromatic heterocycles. The number of rotatable bonds is 8. The van der Waals surface area contributed by atoms with E-state index in [2.05, 4.69) is 12.2 Å². The van der Waals surface area contributed by atoms with Crippen LogP contribution in [0.3, 0.4) is 0 Å². The van der Waals surface area contributed by atoms with Gasteiger partial charge in [0.15, 0.2) is 23.1 Å². The summed E-state index contributed by atoms with van der Waals surface area (Å²) in [5, 5.41) is 27.2. The zero-order valence-electron chi connectivity index (χ0n) is 31.0. The maximum atomic E-state index is 15.9. The van der Waals surface area contributed by atoms with Crippen molar-refractivity contribution < 1.29 is 38.5 Å². The second-order valence-electron chi connectivity index (χ2n) is 16.9. The number of esters is 1. The van der Waals surface area contributed by atoms with Crippen LogP contribution >= 0.6 is 0 Å². The Morgan fingerprint density at radius 2 is 1.92 bits per heavy atom. The average molecular weight is 732 g/mol. The number of aromatic nitrogens is 1. The van der Waals surface area contributed by atoms with Crippen molar-refractivity contribution in [2.24, 2.45) is 28.6 Å². The molecule has 1 aromatic carbocycles. The Labute approximate surface area is 308 Å². The van der Waals surface area contributed by atoms with Gasteiger partial charge in [-0.25, -0.2) is 9.18 Å². The summed E-state index contributed by atoms with van der Waals surface area (Å²) in [5.41, 5.74) is -2.24. The highest BCUT2D eigenvalue weighted by Gasteiger charge is 2.68. The highest BCUT2D eigenvalue weighted by molar-refractivity contribution is 6.01. The Hall–Kier alpha value is -3.87. The number of carbonyl (C=O) groups is 3. The second kappa shape index (κ2) is 12.9. The number of ether oxygens (including phenoxy) is 2. The van der Waals surface area contributed by atoms with Crippen LogP contribution in [0.15, 0.2) is 40.9 Å². The van der Waals surface area contributed by atoms with Gasteiger partial charge in [0, 0.05) is 61.1 Å². The summed E-state index contributed by atoms with van der Waals surface area (Å²) in [6.07, 6.45) is 9.87. The summed E-state index contributed by atoms with van der Waals surface area (Å²) in [7, 11) is 1.46. The van der Waals surface area contributed by atoms with Gasteiger partial charge in [-0.1, -0.05) is 25.5 Å². The molecule has 11 nitrogen and oxygen atoms in total. The fourth-order valence-electron chi connectivity index (χ4n) is 11.2. The van der Waals surface area contributed by atoms with E-state index in [9.17, 15) is 29.4 Å². The van der Waals surface area contributed by atoms with E-state index >= 15 is 4.39 Å². The van der Waals surface area contributed by atoms with Gasteiger partial charge in [-0.15, -0.1) is 0 Å². The number of pyridine rings is 1. The summed E-state index contributed by atoms with van der Waals surface area (Å²) in [5.74, 6) is -1.85. The minimum atomic E-state index is -1.72. The Morgan fingerprint density at radius 1 is 1.15 bits per heavy atom. The van der Waals surface area contributed by atoms with Gasteiger partial charge in [0.25, 0.3) is 0 Å². The molecular weight excluding hydrogens is 681 g/mol. The molecule has 5 aliphatic carbocycles. The van der Waals surface area contributed by atoms with Gasteiger partial charge in [-0.2, -0.15) is 0 Å². The number of hydrogen-bond donors (Lipinski definition) is 3. The lowest BCUT2D eigenvalue weighted by Gasteiger charge is -2.59. The van der Waals surface area contributed by atoms with E-state index in [0.717, 1.165) is 31.3 Å². The molecule has 2 heterocycles. The van der Waals surface area contributed by atoms with Crippen molar-refractivity contribution in [3.05, 3.63) is 57.7 Å². The van der Waals surface area contributed by atoms with Gasteiger partial charge < -0.3 is 34.5 Å². The summed E-state index contributed by atoms with van der Waals surface area (Å²) in [6, 6.07) is 1.32. The first-order valence-electron chi connectivity index (χ1n) is 19.2. The third-order valence-electron chi connectivity index (χ3n) is 13.9. The molecule has 53 heavy (non-hydrogen) atoms. The standard InChI is InChI=1S/C41H50FN3O8/c1-22-20-44(15-14-43-22)35-30(42)18-27-34(37(35)52-4)45(24-6-7-24)21-28(36(27)49)38(50)53-16-11-32(48)41(51)13-10-29-26-8-5-23-17-25(46)9-12-39(23,2)33(26)31(47)19-40(29,41)3/h9,12,17-18,21-22,24,26,29,31,33,43,47,51H,5-8,10-11,13-16,19-20H2,1-4H3/t22?,26?,29?,31-,33?,39-,40-,41-/m0/s1. The number of allylic oxidation sites excluding steroid dienone is 4. The predicted octanol–water partition coefficient (Wildman–Crippen LogP) is 4.41. The number of carbonyl (C=O) groups excluding carboxylic acids is 3. The van der Waals surface area contributed by atoms with Crippen molar-refractivity contribution in [2.45, 2.75) is 95.9 Å². The maximum absolute atomic E-state index is 15.9. The Morgan fingerprint density at radius 3 is 2.64 bits per heavy atom. The number of ketones is 2. The molecule has 4 saturated carbocycles. The maximum Gasteiger partial charge on any atom is 0.343 e. The van der Waals surface area contributed by atoms with Crippen LogP contribution in [0, 0.1) is 34.4 Å². The molecule has 8 atom stereocenters. The number of Topliss-reactive ketones (excluding diaryl/α,β-unsaturated/α-hetero) is 1. The van der Waals surface area contributed by atoms with Crippen LogP contribution in [0.2, 0.25) is 0 Å². The van der Waals surface area contributed by atoms with E-state index in [-0.39, 0.29) is 78.2 Å². The number of piperazine rings is 1. The fraction of sp³-hybridized carbons (Fsp3) is 0.610. The molecule has 0 amide bonds. The Kier molecular flexibility index (Phi) is 8.77. The summed E-state index contributed by atoms with van der Waals surface area (Å²) < 4.78 is 29.0. The van der Waals surface area contributed by atoms with E-state index in [0.29, 0.717) is 37.3 Å². The topological polar surface area (TPSA) is 147 Å². The minimum absolute atomic E-state index is 0.00196. The number of nitrogens with zero attached hydrogens (tertiary/aromatic N) is 2. The van der Waals surface area contributed by atoms with Crippen molar-refractivity contribution in [1.82, 2.24) is 9.88 Å². The van der Waals surface area contributed by atoms with E-state index in [1.165, 1.54) is 19.4 Å². The quantitative estimate of drug-likeness (QED) is 0.334. The zero-order valence-corrected chi connectivity index (χ0v) is 31.0. The molecule has 6 aliphatic rings. The number of aliphatic hydroxyl groups excluding tert-OH is 1. The first-order valence-corrected chi connectivity index (χ1v) is 19.2. The van der Waals surface area contributed by atoms with E-state index in [4.69, 9.17) is 9.47 Å². The first kappa shape index (κ1) is 36.1. The molecule has 0 spiro atoms. The number of anilines is 1. The molecule has 12 heteroatoms. The van der Waals surface area contributed by atoms with Gasteiger partial charge in [0.2, 0.25) is 5.43 Å². The molecule has 284 valence electrons. The van der Waals surface area contributed by atoms with Crippen molar-refractivity contribution in [3.63, 3.8) is 0 Å². The third-order valence-corrected chi connectivity index (χ3v) is 13.9. The monoisotopic (exact) mass is 731 g/mol. The Balaban J connectivity index is 1.01. The number of halogens is 1. The molecular formula is C41H50FN3O8. The highest BCUT2D eigenvalue weighted by atomic mass is 19.1. The lowest BCUT2D eigenvalue weighted by Crippen LogP contribution is -2.61. The normalized spacial score (nSPS) is 35.0. The Bertz CT molecular complexity index is 2020. The van der Waals surface area contributed by atoms with E-state index in [1.807, 2.05) is 29.4 Å². The van der Waals surface area contributed by atoms with Gasteiger partial charge in [-0.3, -0.25) is 14.4 Å². The largest absolute Gasteiger partial charge is 0.492 e. The number of fused-ring (bicyclic) bond motifs is 6. The number of benzene rings is 1. The van der Waals surface area contributed by atoms with E-state index < -0.39 is 45.5 Å². The predicted molar refractivity (Wildman–Crippen MR) is 196 cm³/mol. The molecule has 5 fully saturated rings. The summed E-state index contributed by atoms with van der Waals surface area (Å²) in [4.78, 5) is 55.4. The van der Waals surface area contributed by atoms with Gasteiger partial charge in [0.05, 0.1) is 30.7 Å². The smallest absolute Gasteiger partial charge is 0.343 e. The van der Waals surface area contributed by atoms with Gasteiger partial charge >= 0.3 is 5.97 Å². The van der Waals surface area contributed by atoms with Crippen LogP contribution in [-0.2, 0) is 14.3 Å². The molecule has 4 unspecified atom stereocenters. The SMILES string of the molecule is COc1c(N2CCNC(C)C2)c(F)cc2c(=O)c(C(=O)OCCC(=O)[C@@]3(O)CCC4C5CCC6=CC(=O)C=C[C@]6(C)C5[C@@H](O)C[C@@]43C)cn(C3CC3)c12. The number of aliphatic hydroxyl groups is 2. The lowest BCUT2D eigenvalue weighted by atomic mass is 9.46. The average Bonchev–Trinajstić information content (AvgIpc) is 3.92. The fourth-order valence-corrected chi connectivity index (χ4v) is 11.2.